The summed E-state index contributed by atoms with van der Waals surface area (Å²) < 4.78 is 5.59. The topological polar surface area (TPSA) is 84.6 Å². The average molecular weight is 288 g/mol. The van der Waals surface area contributed by atoms with E-state index in [2.05, 4.69) is 5.32 Å². The molecular weight excluding hydrogens is 272 g/mol. The molecule has 6 heteroatoms. The monoisotopic (exact) mass is 288 g/mol. The van der Waals surface area contributed by atoms with Crippen LogP contribution in [0.2, 0.25) is 0 Å². The van der Waals surface area contributed by atoms with Crippen LogP contribution in [0, 0.1) is 10.1 Å². The van der Waals surface area contributed by atoms with Gasteiger partial charge in [0.2, 0.25) is 0 Å². The molecule has 0 aromatic heterocycles. The maximum Gasteiger partial charge on any atom is 0.292 e. The van der Waals surface area contributed by atoms with Crippen LogP contribution in [0.3, 0.4) is 0 Å². The lowest BCUT2D eigenvalue weighted by atomic mass is 10.2. The standard InChI is InChI=1S/C15H16N2O4/c1-16-14-6-5-12(8-15(14)17(19)20)10-21-13-4-2-3-11(7-13)9-18/h2-8,16,18H,9-10H2,1H3. The molecule has 0 spiro atoms. The van der Waals surface area contributed by atoms with Gasteiger partial charge in [-0.15, -0.1) is 0 Å². The van der Waals surface area contributed by atoms with Gasteiger partial charge in [-0.2, -0.15) is 0 Å². The summed E-state index contributed by atoms with van der Waals surface area (Å²) in [6, 6.07) is 12.0. The Labute approximate surface area is 122 Å². The van der Waals surface area contributed by atoms with E-state index in [4.69, 9.17) is 9.84 Å². The van der Waals surface area contributed by atoms with E-state index in [1.165, 1.54) is 6.07 Å². The number of nitrogens with one attached hydrogen (secondary N) is 1. The lowest BCUT2D eigenvalue weighted by molar-refractivity contribution is -0.384. The van der Waals surface area contributed by atoms with E-state index in [-0.39, 0.29) is 18.9 Å². The first kappa shape index (κ1) is 14.8. The first-order valence-corrected chi connectivity index (χ1v) is 6.41. The fraction of sp³-hybridized carbons (Fsp3) is 0.200. The fourth-order valence-electron chi connectivity index (χ4n) is 1.93. The number of benzene rings is 2. The van der Waals surface area contributed by atoms with Gasteiger partial charge in [0, 0.05) is 13.1 Å². The Morgan fingerprint density at radius 2 is 2.05 bits per heavy atom. The van der Waals surface area contributed by atoms with Gasteiger partial charge < -0.3 is 15.2 Å². The van der Waals surface area contributed by atoms with Crippen molar-refractivity contribution in [3.05, 3.63) is 63.7 Å². The molecule has 0 heterocycles. The van der Waals surface area contributed by atoms with Crippen LogP contribution < -0.4 is 10.1 Å². The molecule has 0 atom stereocenters. The van der Waals surface area contributed by atoms with Crippen molar-refractivity contribution in [1.82, 2.24) is 0 Å². The molecule has 2 aromatic carbocycles. The van der Waals surface area contributed by atoms with Gasteiger partial charge in [-0.25, -0.2) is 0 Å². The van der Waals surface area contributed by atoms with E-state index in [0.717, 1.165) is 5.56 Å². The molecule has 0 aliphatic rings. The molecule has 0 radical (unpaired) electrons. The minimum absolute atomic E-state index is 0.0164. The van der Waals surface area contributed by atoms with E-state index in [1.54, 1.807) is 43.4 Å². The minimum atomic E-state index is -0.429. The van der Waals surface area contributed by atoms with Gasteiger partial charge in [0.25, 0.3) is 5.69 Å². The maximum absolute atomic E-state index is 11.0. The Balaban J connectivity index is 2.12. The molecule has 0 aliphatic carbocycles. The minimum Gasteiger partial charge on any atom is -0.489 e. The SMILES string of the molecule is CNc1ccc(COc2cccc(CO)c2)cc1[N+](=O)[O-]. The van der Waals surface area contributed by atoms with Crippen LogP contribution >= 0.6 is 0 Å². The summed E-state index contributed by atoms with van der Waals surface area (Å²) in [5.74, 6) is 0.613. The highest BCUT2D eigenvalue weighted by Crippen LogP contribution is 2.25. The predicted octanol–water partition coefficient (Wildman–Crippen LogP) is 2.71. The van der Waals surface area contributed by atoms with E-state index >= 15 is 0 Å². The van der Waals surface area contributed by atoms with Crippen molar-refractivity contribution < 1.29 is 14.8 Å². The largest absolute Gasteiger partial charge is 0.489 e. The lowest BCUT2D eigenvalue weighted by Gasteiger charge is -2.09. The van der Waals surface area contributed by atoms with E-state index in [1.807, 2.05) is 0 Å². The van der Waals surface area contributed by atoms with Crippen LogP contribution in [-0.2, 0) is 13.2 Å². The number of rotatable bonds is 6. The Morgan fingerprint density at radius 3 is 2.71 bits per heavy atom. The van der Waals surface area contributed by atoms with Crippen LogP contribution in [0.25, 0.3) is 0 Å². The van der Waals surface area contributed by atoms with Crippen molar-refractivity contribution in [3.63, 3.8) is 0 Å². The molecule has 6 nitrogen and oxygen atoms in total. The molecule has 110 valence electrons. The molecule has 2 N–H and O–H groups in total. The summed E-state index contributed by atoms with van der Waals surface area (Å²) in [7, 11) is 1.64. The zero-order chi connectivity index (χ0) is 15.2. The zero-order valence-corrected chi connectivity index (χ0v) is 11.6. The Hall–Kier alpha value is -2.60. The third-order valence-corrected chi connectivity index (χ3v) is 3.01. The third kappa shape index (κ3) is 3.70. The average Bonchev–Trinajstić information content (AvgIpc) is 2.52. The number of aliphatic hydroxyl groups excluding tert-OH is 1. The van der Waals surface area contributed by atoms with Gasteiger partial charge in [-0.1, -0.05) is 18.2 Å². The summed E-state index contributed by atoms with van der Waals surface area (Å²) in [6.07, 6.45) is 0. The number of nitro benzene ring substituents is 1. The first-order valence-electron chi connectivity index (χ1n) is 6.41. The number of nitro groups is 1. The van der Waals surface area contributed by atoms with Crippen molar-refractivity contribution in [2.75, 3.05) is 12.4 Å². The molecular formula is C15H16N2O4. The van der Waals surface area contributed by atoms with Gasteiger partial charge in [-0.05, 0) is 29.3 Å². The number of ether oxygens (including phenoxy) is 1. The highest BCUT2D eigenvalue weighted by atomic mass is 16.6. The van der Waals surface area contributed by atoms with Crippen LogP contribution in [0.5, 0.6) is 5.75 Å². The molecule has 0 saturated heterocycles. The quantitative estimate of drug-likeness (QED) is 0.630. The second-order valence-electron chi connectivity index (χ2n) is 4.45. The molecule has 2 rings (SSSR count). The van der Waals surface area contributed by atoms with Crippen LogP contribution in [0.1, 0.15) is 11.1 Å². The first-order chi connectivity index (χ1) is 10.1. The van der Waals surface area contributed by atoms with E-state index < -0.39 is 4.92 Å². The normalized spacial score (nSPS) is 10.2. The lowest BCUT2D eigenvalue weighted by Crippen LogP contribution is -2.00. The summed E-state index contributed by atoms with van der Waals surface area (Å²) in [5.41, 5.74) is 1.94. The number of anilines is 1. The Kier molecular flexibility index (Phi) is 4.73. The highest BCUT2D eigenvalue weighted by Gasteiger charge is 2.13. The van der Waals surface area contributed by atoms with Crippen LogP contribution in [0.15, 0.2) is 42.5 Å². The van der Waals surface area contributed by atoms with Crippen molar-refractivity contribution >= 4 is 11.4 Å². The molecule has 0 bridgehead atoms. The number of hydrogen-bond acceptors (Lipinski definition) is 5. The molecule has 0 fully saturated rings. The Morgan fingerprint density at radius 1 is 1.24 bits per heavy atom. The smallest absolute Gasteiger partial charge is 0.292 e. The molecule has 0 amide bonds. The molecule has 21 heavy (non-hydrogen) atoms. The Bertz CT molecular complexity index is 643. The van der Waals surface area contributed by atoms with Crippen molar-refractivity contribution in [1.29, 1.82) is 0 Å². The summed E-state index contributed by atoms with van der Waals surface area (Å²) in [5, 5.41) is 22.8. The summed E-state index contributed by atoms with van der Waals surface area (Å²) >= 11 is 0. The fourth-order valence-corrected chi connectivity index (χ4v) is 1.93. The molecule has 0 saturated carbocycles. The summed E-state index contributed by atoms with van der Waals surface area (Å²) in [4.78, 5) is 10.6. The second kappa shape index (κ2) is 6.71. The van der Waals surface area contributed by atoms with Crippen LogP contribution in [0.4, 0.5) is 11.4 Å². The third-order valence-electron chi connectivity index (χ3n) is 3.01. The maximum atomic E-state index is 11.0. The highest BCUT2D eigenvalue weighted by molar-refractivity contribution is 5.62. The molecule has 0 unspecified atom stereocenters. The predicted molar refractivity (Wildman–Crippen MR) is 79.3 cm³/mol. The van der Waals surface area contributed by atoms with Crippen molar-refractivity contribution in [2.24, 2.45) is 0 Å². The molecule has 0 aliphatic heterocycles. The molecule has 2 aromatic rings. The zero-order valence-electron chi connectivity index (χ0n) is 11.6. The van der Waals surface area contributed by atoms with Crippen LogP contribution in [-0.4, -0.2) is 17.1 Å². The second-order valence-corrected chi connectivity index (χ2v) is 4.45. The van der Waals surface area contributed by atoms with E-state index in [9.17, 15) is 10.1 Å². The van der Waals surface area contributed by atoms with Crippen molar-refractivity contribution in [3.8, 4) is 5.75 Å². The van der Waals surface area contributed by atoms with Crippen molar-refractivity contribution in [2.45, 2.75) is 13.2 Å². The van der Waals surface area contributed by atoms with E-state index in [0.29, 0.717) is 17.0 Å². The number of hydrogen-bond donors (Lipinski definition) is 2. The summed E-state index contributed by atoms with van der Waals surface area (Å²) in [6.45, 7) is 0.166. The van der Waals surface area contributed by atoms with Gasteiger partial charge in [-0.3, -0.25) is 10.1 Å². The van der Waals surface area contributed by atoms with Gasteiger partial charge >= 0.3 is 0 Å². The van der Waals surface area contributed by atoms with Gasteiger partial charge in [0.15, 0.2) is 0 Å². The van der Waals surface area contributed by atoms with Gasteiger partial charge in [0.1, 0.15) is 18.0 Å². The number of aliphatic hydroxyl groups is 1. The van der Waals surface area contributed by atoms with Gasteiger partial charge in [0.05, 0.1) is 11.5 Å². The number of nitrogens with zero attached hydrogens (tertiary/aromatic N) is 1.